The van der Waals surface area contributed by atoms with E-state index in [9.17, 15) is 22.8 Å². The van der Waals surface area contributed by atoms with E-state index in [-0.39, 0.29) is 18.8 Å². The first-order valence-electron chi connectivity index (χ1n) is 8.80. The van der Waals surface area contributed by atoms with E-state index in [0.717, 1.165) is 24.6 Å². The number of halogens is 3. The SMILES string of the molecule is O=C(NC[C@@H]1OC(=O)N2c3cc(F)c(N4CCSCC4)cc3OC[C@@H]12)C(F)F. The van der Waals surface area contributed by atoms with Crippen molar-refractivity contribution in [1.82, 2.24) is 5.32 Å². The molecule has 7 nitrogen and oxygen atoms in total. The summed E-state index contributed by atoms with van der Waals surface area (Å²) in [6.45, 7) is 1.22. The number of cyclic esters (lactones) is 1. The van der Waals surface area contributed by atoms with E-state index >= 15 is 0 Å². The number of carbonyl (C=O) groups excluding carboxylic acids is 2. The standard InChI is InChI=1S/C17H18F3N3O4S/c18-9-5-11-13(6-10(9)22-1-3-28-4-2-22)26-8-12-14(27-17(25)23(11)12)7-21-16(24)15(19)20/h5-6,12,14-15H,1-4,7-8H2,(H,21,24)/t12-,14-/m0/s1. The van der Waals surface area contributed by atoms with E-state index in [4.69, 9.17) is 9.47 Å². The molecule has 0 unspecified atom stereocenters. The van der Waals surface area contributed by atoms with E-state index in [0.29, 0.717) is 11.4 Å². The number of amides is 2. The number of thioether (sulfide) groups is 1. The Kier molecular flexibility index (Phi) is 5.17. The van der Waals surface area contributed by atoms with Crippen LogP contribution in [0.1, 0.15) is 0 Å². The largest absolute Gasteiger partial charge is 0.489 e. The number of anilines is 2. The van der Waals surface area contributed by atoms with Crippen LogP contribution in [-0.2, 0) is 9.53 Å². The summed E-state index contributed by atoms with van der Waals surface area (Å²) in [6.07, 6.45) is -4.75. The molecule has 0 spiro atoms. The fourth-order valence-electron chi connectivity index (χ4n) is 3.54. The van der Waals surface area contributed by atoms with Crippen molar-refractivity contribution >= 4 is 35.1 Å². The van der Waals surface area contributed by atoms with Crippen LogP contribution in [-0.4, -0.2) is 68.3 Å². The van der Waals surface area contributed by atoms with Crippen LogP contribution in [0.25, 0.3) is 0 Å². The van der Waals surface area contributed by atoms with Crippen molar-refractivity contribution in [2.45, 2.75) is 18.6 Å². The van der Waals surface area contributed by atoms with E-state index < -0.39 is 36.4 Å². The lowest BCUT2D eigenvalue weighted by Crippen LogP contribution is -2.48. The highest BCUT2D eigenvalue weighted by Gasteiger charge is 2.47. The molecule has 1 aromatic carbocycles. The molecule has 3 heterocycles. The predicted octanol–water partition coefficient (Wildman–Crippen LogP) is 1.85. The molecule has 2 atom stereocenters. The molecule has 28 heavy (non-hydrogen) atoms. The van der Waals surface area contributed by atoms with E-state index in [1.54, 1.807) is 6.07 Å². The minimum atomic E-state index is -3.16. The lowest BCUT2D eigenvalue weighted by atomic mass is 10.1. The predicted molar refractivity (Wildman–Crippen MR) is 97.0 cm³/mol. The van der Waals surface area contributed by atoms with Gasteiger partial charge in [0.05, 0.1) is 17.9 Å². The summed E-state index contributed by atoms with van der Waals surface area (Å²) in [4.78, 5) is 26.6. The van der Waals surface area contributed by atoms with Crippen molar-refractivity contribution in [1.29, 1.82) is 0 Å². The van der Waals surface area contributed by atoms with Crippen LogP contribution >= 0.6 is 11.8 Å². The number of nitrogens with zero attached hydrogens (tertiary/aromatic N) is 2. The van der Waals surface area contributed by atoms with Crippen LogP contribution in [0.5, 0.6) is 5.75 Å². The van der Waals surface area contributed by atoms with Gasteiger partial charge < -0.3 is 19.7 Å². The normalized spacial score (nSPS) is 23.8. The van der Waals surface area contributed by atoms with Crippen molar-refractivity contribution < 1.29 is 32.2 Å². The minimum absolute atomic E-state index is 0.0505. The molecule has 1 N–H and O–H groups in total. The Balaban J connectivity index is 1.54. The molecule has 4 rings (SSSR count). The number of carbonyl (C=O) groups is 2. The van der Waals surface area contributed by atoms with Gasteiger partial charge in [0.15, 0.2) is 0 Å². The van der Waals surface area contributed by atoms with Crippen molar-refractivity contribution in [2.24, 2.45) is 0 Å². The maximum Gasteiger partial charge on any atom is 0.415 e. The maximum absolute atomic E-state index is 14.8. The van der Waals surface area contributed by atoms with Gasteiger partial charge in [-0.05, 0) is 0 Å². The minimum Gasteiger partial charge on any atom is -0.489 e. The molecule has 0 radical (unpaired) electrons. The van der Waals surface area contributed by atoms with E-state index in [1.807, 2.05) is 22.0 Å². The van der Waals surface area contributed by atoms with Crippen LogP contribution in [0.4, 0.5) is 29.3 Å². The fourth-order valence-corrected chi connectivity index (χ4v) is 4.44. The fraction of sp³-hybridized carbons (Fsp3) is 0.529. The number of fused-ring (bicyclic) bond motifs is 3. The molecule has 1 aromatic rings. The second kappa shape index (κ2) is 7.61. The molecule has 2 amide bonds. The first-order valence-corrected chi connectivity index (χ1v) is 9.96. The third kappa shape index (κ3) is 3.43. The van der Waals surface area contributed by atoms with Crippen molar-refractivity contribution in [3.8, 4) is 5.75 Å². The number of benzene rings is 1. The molecule has 2 fully saturated rings. The highest BCUT2D eigenvalue weighted by atomic mass is 32.2. The smallest absolute Gasteiger partial charge is 0.415 e. The number of alkyl halides is 2. The van der Waals surface area contributed by atoms with Crippen LogP contribution in [0.3, 0.4) is 0 Å². The van der Waals surface area contributed by atoms with Crippen LogP contribution < -0.4 is 19.9 Å². The summed E-state index contributed by atoms with van der Waals surface area (Å²) in [5.41, 5.74) is 0.655. The summed E-state index contributed by atoms with van der Waals surface area (Å²) < 4.78 is 50.4. The number of nitrogens with one attached hydrogen (secondary N) is 1. The Hall–Kier alpha value is -2.30. The molecular weight excluding hydrogens is 399 g/mol. The zero-order valence-electron chi connectivity index (χ0n) is 14.7. The average molecular weight is 417 g/mol. The first kappa shape index (κ1) is 19.0. The summed E-state index contributed by atoms with van der Waals surface area (Å²) in [5, 5.41) is 2.03. The van der Waals surface area contributed by atoms with Gasteiger partial charge in [0, 0.05) is 36.7 Å². The molecule has 0 saturated carbocycles. The number of hydrogen-bond acceptors (Lipinski definition) is 6. The Bertz CT molecular complexity index is 791. The molecule has 2 saturated heterocycles. The molecule has 0 aliphatic carbocycles. The Labute approximate surface area is 163 Å². The lowest BCUT2D eigenvalue weighted by molar-refractivity contribution is -0.132. The average Bonchev–Trinajstić information content (AvgIpc) is 3.02. The number of rotatable bonds is 4. The highest BCUT2D eigenvalue weighted by Crippen LogP contribution is 2.42. The van der Waals surface area contributed by atoms with Crippen LogP contribution in [0.15, 0.2) is 12.1 Å². The van der Waals surface area contributed by atoms with E-state index in [1.165, 1.54) is 11.0 Å². The van der Waals surface area contributed by atoms with Gasteiger partial charge in [-0.25, -0.2) is 9.18 Å². The summed E-state index contributed by atoms with van der Waals surface area (Å²) in [5.74, 6) is 0.257. The first-order chi connectivity index (χ1) is 13.5. The summed E-state index contributed by atoms with van der Waals surface area (Å²) in [6, 6.07) is 2.17. The zero-order chi connectivity index (χ0) is 19.8. The third-order valence-corrected chi connectivity index (χ3v) is 5.88. The van der Waals surface area contributed by atoms with Gasteiger partial charge in [-0.2, -0.15) is 20.5 Å². The Morgan fingerprint density at radius 3 is 2.75 bits per heavy atom. The van der Waals surface area contributed by atoms with Gasteiger partial charge in [0.1, 0.15) is 30.3 Å². The Morgan fingerprint density at radius 2 is 2.04 bits per heavy atom. The van der Waals surface area contributed by atoms with Crippen molar-refractivity contribution in [3.05, 3.63) is 17.9 Å². The van der Waals surface area contributed by atoms with Crippen molar-refractivity contribution in [2.75, 3.05) is 47.5 Å². The van der Waals surface area contributed by atoms with Crippen LogP contribution in [0, 0.1) is 5.82 Å². The van der Waals surface area contributed by atoms with Gasteiger partial charge in [-0.1, -0.05) is 0 Å². The number of hydrogen-bond donors (Lipinski definition) is 1. The quantitative estimate of drug-likeness (QED) is 0.807. The molecule has 11 heteroatoms. The van der Waals surface area contributed by atoms with Crippen LogP contribution in [0.2, 0.25) is 0 Å². The van der Waals surface area contributed by atoms with Gasteiger partial charge >= 0.3 is 12.5 Å². The molecule has 0 bridgehead atoms. The van der Waals surface area contributed by atoms with Gasteiger partial charge in [-0.3, -0.25) is 9.69 Å². The molecule has 3 aliphatic rings. The second-order valence-corrected chi connectivity index (χ2v) is 7.81. The molecule has 0 aromatic heterocycles. The lowest BCUT2D eigenvalue weighted by Gasteiger charge is -2.34. The monoisotopic (exact) mass is 417 g/mol. The van der Waals surface area contributed by atoms with Gasteiger partial charge in [0.25, 0.3) is 5.91 Å². The molecule has 152 valence electrons. The number of ether oxygens (including phenoxy) is 2. The third-order valence-electron chi connectivity index (χ3n) is 4.93. The van der Waals surface area contributed by atoms with E-state index in [2.05, 4.69) is 0 Å². The Morgan fingerprint density at radius 1 is 1.29 bits per heavy atom. The molecular formula is C17H18F3N3O4S. The van der Waals surface area contributed by atoms with Crippen molar-refractivity contribution in [3.63, 3.8) is 0 Å². The molecule has 3 aliphatic heterocycles. The summed E-state index contributed by atoms with van der Waals surface area (Å²) >= 11 is 1.81. The maximum atomic E-state index is 14.8. The van der Waals surface area contributed by atoms with Gasteiger partial charge in [-0.15, -0.1) is 0 Å². The topological polar surface area (TPSA) is 71.1 Å². The zero-order valence-corrected chi connectivity index (χ0v) is 15.5. The second-order valence-electron chi connectivity index (χ2n) is 6.59. The summed E-state index contributed by atoms with van der Waals surface area (Å²) in [7, 11) is 0. The van der Waals surface area contributed by atoms with Gasteiger partial charge in [0.2, 0.25) is 0 Å². The highest BCUT2D eigenvalue weighted by molar-refractivity contribution is 7.99.